The molecule has 108 valence electrons. The van der Waals surface area contributed by atoms with Crippen LogP contribution >= 0.6 is 0 Å². The molecule has 0 radical (unpaired) electrons. The van der Waals surface area contributed by atoms with Crippen molar-refractivity contribution < 1.29 is 17.9 Å². The van der Waals surface area contributed by atoms with Gasteiger partial charge in [-0.1, -0.05) is 12.1 Å². The first-order valence-electron chi connectivity index (χ1n) is 5.84. The average Bonchev–Trinajstić information content (AvgIpc) is 2.80. The zero-order valence-corrected chi connectivity index (χ0v) is 11.0. The molecule has 0 amide bonds. The summed E-state index contributed by atoms with van der Waals surface area (Å²) in [6.45, 7) is 0.290. The Morgan fingerprint density at radius 2 is 2.05 bits per heavy atom. The van der Waals surface area contributed by atoms with Gasteiger partial charge in [0, 0.05) is 30.9 Å². The van der Waals surface area contributed by atoms with Gasteiger partial charge in [0.25, 0.3) is 0 Å². The molecule has 1 aromatic heterocycles. The van der Waals surface area contributed by atoms with Crippen LogP contribution < -0.4 is 10.5 Å². The van der Waals surface area contributed by atoms with Gasteiger partial charge < -0.3 is 15.0 Å². The number of nitrogens with zero attached hydrogens (tertiary/aromatic N) is 2. The van der Waals surface area contributed by atoms with Crippen LogP contribution in [-0.2, 0) is 19.8 Å². The zero-order valence-electron chi connectivity index (χ0n) is 11.0. The molecule has 0 fully saturated rings. The first-order chi connectivity index (χ1) is 9.36. The van der Waals surface area contributed by atoms with Crippen molar-refractivity contribution in [1.29, 1.82) is 0 Å². The number of hydrogen-bond donors (Lipinski definition) is 1. The van der Waals surface area contributed by atoms with Crippen molar-refractivity contribution in [2.45, 2.75) is 12.7 Å². The summed E-state index contributed by atoms with van der Waals surface area (Å²) in [4.78, 5) is 3.63. The maximum Gasteiger partial charge on any atom is 0.434 e. The summed E-state index contributed by atoms with van der Waals surface area (Å²) in [7, 11) is 3.00. The molecule has 0 bridgehead atoms. The summed E-state index contributed by atoms with van der Waals surface area (Å²) in [5.41, 5.74) is 5.96. The third kappa shape index (κ3) is 2.62. The smallest absolute Gasteiger partial charge is 0.434 e. The summed E-state index contributed by atoms with van der Waals surface area (Å²) in [5, 5.41) is 0. The molecule has 0 saturated carbocycles. The average molecular weight is 285 g/mol. The lowest BCUT2D eigenvalue weighted by Gasteiger charge is -2.09. The van der Waals surface area contributed by atoms with Gasteiger partial charge in [-0.15, -0.1) is 0 Å². The van der Waals surface area contributed by atoms with E-state index < -0.39 is 11.9 Å². The molecule has 0 unspecified atom stereocenters. The van der Waals surface area contributed by atoms with E-state index in [0.29, 0.717) is 11.3 Å². The number of rotatable bonds is 3. The standard InChI is InChI=1S/C13H14F3N3O/c1-19-7-11(13(14,15)16)18-12(19)8-3-4-9(6-17)10(5-8)20-2/h3-5,7H,6,17H2,1-2H3. The van der Waals surface area contributed by atoms with Gasteiger partial charge in [-0.3, -0.25) is 0 Å². The van der Waals surface area contributed by atoms with Crippen molar-refractivity contribution in [3.8, 4) is 17.1 Å². The number of benzene rings is 1. The number of imidazole rings is 1. The number of aromatic nitrogens is 2. The van der Waals surface area contributed by atoms with Gasteiger partial charge in [-0.25, -0.2) is 4.98 Å². The van der Waals surface area contributed by atoms with Crippen molar-refractivity contribution in [2.24, 2.45) is 12.8 Å². The molecule has 1 heterocycles. The summed E-state index contributed by atoms with van der Waals surface area (Å²) in [6.07, 6.45) is -3.50. The first-order valence-corrected chi connectivity index (χ1v) is 5.84. The Morgan fingerprint density at radius 1 is 1.35 bits per heavy atom. The van der Waals surface area contributed by atoms with E-state index in [4.69, 9.17) is 10.5 Å². The van der Waals surface area contributed by atoms with Crippen LogP contribution in [-0.4, -0.2) is 16.7 Å². The Morgan fingerprint density at radius 3 is 2.55 bits per heavy atom. The number of aryl methyl sites for hydroxylation is 1. The number of halogens is 3. The lowest BCUT2D eigenvalue weighted by atomic mass is 10.1. The summed E-state index contributed by atoms with van der Waals surface area (Å²) in [6, 6.07) is 5.02. The molecule has 4 nitrogen and oxygen atoms in total. The van der Waals surface area contributed by atoms with Crippen LogP contribution in [0.2, 0.25) is 0 Å². The Kier molecular flexibility index (Phi) is 3.71. The van der Waals surface area contributed by atoms with Crippen molar-refractivity contribution in [3.05, 3.63) is 35.7 Å². The Labute approximate surface area is 114 Å². The van der Waals surface area contributed by atoms with Gasteiger partial charge in [-0.2, -0.15) is 13.2 Å². The molecule has 2 N–H and O–H groups in total. The van der Waals surface area contributed by atoms with Gasteiger partial charge in [0.05, 0.1) is 7.11 Å². The zero-order chi connectivity index (χ0) is 14.9. The number of nitrogens with two attached hydrogens (primary N) is 1. The van der Waals surface area contributed by atoms with Gasteiger partial charge in [0.15, 0.2) is 5.69 Å². The lowest BCUT2D eigenvalue weighted by molar-refractivity contribution is -0.140. The van der Waals surface area contributed by atoms with E-state index in [-0.39, 0.29) is 12.4 Å². The molecule has 0 spiro atoms. The van der Waals surface area contributed by atoms with Crippen LogP contribution in [0.4, 0.5) is 13.2 Å². The maximum atomic E-state index is 12.6. The SMILES string of the molecule is COc1cc(-c2nc(C(F)(F)F)cn2C)ccc1CN. The first kappa shape index (κ1) is 14.4. The van der Waals surface area contributed by atoms with E-state index >= 15 is 0 Å². The highest BCUT2D eigenvalue weighted by atomic mass is 19.4. The van der Waals surface area contributed by atoms with Crippen molar-refractivity contribution in [1.82, 2.24) is 9.55 Å². The number of hydrogen-bond acceptors (Lipinski definition) is 3. The Balaban J connectivity index is 2.49. The molecule has 0 aliphatic carbocycles. The largest absolute Gasteiger partial charge is 0.496 e. The molecule has 0 aliphatic heterocycles. The molecule has 2 aromatic rings. The highest BCUT2D eigenvalue weighted by Crippen LogP contribution is 2.32. The molecule has 20 heavy (non-hydrogen) atoms. The second-order valence-corrected chi connectivity index (χ2v) is 4.29. The quantitative estimate of drug-likeness (QED) is 0.943. The normalized spacial score (nSPS) is 11.7. The van der Waals surface area contributed by atoms with E-state index in [2.05, 4.69) is 4.98 Å². The Bertz CT molecular complexity index is 620. The monoisotopic (exact) mass is 285 g/mol. The fourth-order valence-electron chi connectivity index (χ4n) is 1.92. The van der Waals surface area contributed by atoms with Crippen molar-refractivity contribution in [3.63, 3.8) is 0 Å². The predicted octanol–water partition coefficient (Wildman–Crippen LogP) is 2.57. The van der Waals surface area contributed by atoms with Crippen LogP contribution in [0.25, 0.3) is 11.4 Å². The van der Waals surface area contributed by atoms with Gasteiger partial charge in [0.1, 0.15) is 11.6 Å². The van der Waals surface area contributed by atoms with Crippen LogP contribution in [0.15, 0.2) is 24.4 Å². The molecule has 1 aromatic carbocycles. The van der Waals surface area contributed by atoms with E-state index in [0.717, 1.165) is 11.8 Å². The minimum atomic E-state index is -4.46. The summed E-state index contributed by atoms with van der Waals surface area (Å²) in [5.74, 6) is 0.751. The van der Waals surface area contributed by atoms with E-state index in [9.17, 15) is 13.2 Å². The number of ether oxygens (including phenoxy) is 1. The van der Waals surface area contributed by atoms with E-state index in [1.54, 1.807) is 18.2 Å². The molecule has 0 atom stereocenters. The van der Waals surface area contributed by atoms with Crippen LogP contribution in [0.3, 0.4) is 0 Å². The molecule has 0 aliphatic rings. The lowest BCUT2D eigenvalue weighted by Crippen LogP contribution is -2.05. The van der Waals surface area contributed by atoms with Gasteiger partial charge >= 0.3 is 6.18 Å². The molecule has 0 saturated heterocycles. The maximum absolute atomic E-state index is 12.6. The third-order valence-corrected chi connectivity index (χ3v) is 2.93. The van der Waals surface area contributed by atoms with Crippen LogP contribution in [0, 0.1) is 0 Å². The minimum absolute atomic E-state index is 0.221. The minimum Gasteiger partial charge on any atom is -0.496 e. The second-order valence-electron chi connectivity index (χ2n) is 4.29. The van der Waals surface area contributed by atoms with E-state index in [1.165, 1.54) is 18.7 Å². The third-order valence-electron chi connectivity index (χ3n) is 2.93. The van der Waals surface area contributed by atoms with Crippen molar-refractivity contribution >= 4 is 0 Å². The van der Waals surface area contributed by atoms with Crippen molar-refractivity contribution in [2.75, 3.05) is 7.11 Å². The van der Waals surface area contributed by atoms with Gasteiger partial charge in [0.2, 0.25) is 0 Å². The predicted molar refractivity (Wildman–Crippen MR) is 68.1 cm³/mol. The highest BCUT2D eigenvalue weighted by Gasteiger charge is 2.34. The summed E-state index contributed by atoms with van der Waals surface area (Å²) < 4.78 is 44.4. The van der Waals surface area contributed by atoms with E-state index in [1.807, 2.05) is 0 Å². The number of alkyl halides is 3. The fraction of sp³-hybridized carbons (Fsp3) is 0.308. The Hall–Kier alpha value is -2.02. The molecular weight excluding hydrogens is 271 g/mol. The topological polar surface area (TPSA) is 53.1 Å². The second kappa shape index (κ2) is 5.16. The molecular formula is C13H14F3N3O. The van der Waals surface area contributed by atoms with Gasteiger partial charge in [-0.05, 0) is 6.07 Å². The molecule has 7 heteroatoms. The van der Waals surface area contributed by atoms with Crippen LogP contribution in [0.5, 0.6) is 5.75 Å². The summed E-state index contributed by atoms with van der Waals surface area (Å²) >= 11 is 0. The van der Waals surface area contributed by atoms with Crippen LogP contribution in [0.1, 0.15) is 11.3 Å². The number of methoxy groups -OCH3 is 1. The molecule has 2 rings (SSSR count). The highest BCUT2D eigenvalue weighted by molar-refractivity contribution is 5.60. The fourth-order valence-corrected chi connectivity index (χ4v) is 1.92.